The van der Waals surface area contributed by atoms with Gasteiger partial charge in [0, 0.05) is 62.6 Å². The third-order valence-electron chi connectivity index (χ3n) is 7.47. The van der Waals surface area contributed by atoms with Crippen molar-refractivity contribution < 1.29 is 13.6 Å². The summed E-state index contributed by atoms with van der Waals surface area (Å²) in [4.78, 5) is 28.5. The highest BCUT2D eigenvalue weighted by Crippen LogP contribution is 2.37. The van der Waals surface area contributed by atoms with Gasteiger partial charge in [0.2, 0.25) is 5.91 Å². The van der Waals surface area contributed by atoms with Crippen LogP contribution in [0.1, 0.15) is 48.4 Å². The fourth-order valence-corrected chi connectivity index (χ4v) is 5.51. The number of amides is 1. The molecule has 1 unspecified atom stereocenters. The van der Waals surface area contributed by atoms with E-state index in [9.17, 15) is 13.6 Å². The highest BCUT2D eigenvalue weighted by molar-refractivity contribution is 5.84. The molecule has 1 aliphatic carbocycles. The molecule has 5 rings (SSSR count). The smallest absolute Gasteiger partial charge is 0.261 e. The predicted octanol–water partition coefficient (Wildman–Crippen LogP) is 2.88. The fourth-order valence-electron chi connectivity index (χ4n) is 5.51. The van der Waals surface area contributed by atoms with Gasteiger partial charge in [-0.05, 0) is 36.5 Å². The van der Waals surface area contributed by atoms with Gasteiger partial charge in [-0.2, -0.15) is 0 Å². The van der Waals surface area contributed by atoms with Crippen LogP contribution in [0.4, 0.5) is 20.3 Å². The molecule has 3 aliphatic rings. The Hall–Kier alpha value is -2.81. The van der Waals surface area contributed by atoms with Crippen molar-refractivity contribution in [2.45, 2.75) is 43.9 Å². The minimum Gasteiger partial charge on any atom is -0.399 e. The number of likely N-dealkylation sites (tertiary alicyclic amines) is 1. The van der Waals surface area contributed by atoms with Crippen LogP contribution in [0.25, 0.3) is 0 Å². The van der Waals surface area contributed by atoms with E-state index >= 15 is 0 Å². The van der Waals surface area contributed by atoms with E-state index in [1.54, 1.807) is 23.4 Å². The van der Waals surface area contributed by atoms with E-state index in [0.29, 0.717) is 44.3 Å². The van der Waals surface area contributed by atoms with E-state index in [2.05, 4.69) is 21.8 Å². The van der Waals surface area contributed by atoms with Crippen LogP contribution in [0, 0.1) is 0 Å². The number of hydrogen-bond acceptors (Lipinski definition) is 6. The van der Waals surface area contributed by atoms with Crippen LogP contribution in [0.3, 0.4) is 0 Å². The lowest BCUT2D eigenvalue weighted by atomic mass is 9.96. The van der Waals surface area contributed by atoms with Crippen LogP contribution in [0.2, 0.25) is 0 Å². The number of carbonyl (C=O) groups excluding carboxylic acids is 1. The zero-order valence-corrected chi connectivity index (χ0v) is 19.6. The van der Waals surface area contributed by atoms with Gasteiger partial charge < -0.3 is 15.5 Å². The molecule has 2 atom stereocenters. The number of alkyl halides is 2. The number of anilines is 2. The first-order valence-corrected chi connectivity index (χ1v) is 12.1. The maximum atomic E-state index is 13.8. The second-order valence-corrected chi connectivity index (χ2v) is 9.87. The number of hydrogen-bond donors (Lipinski definition) is 1. The lowest BCUT2D eigenvalue weighted by Gasteiger charge is -2.38. The number of nitrogens with zero attached hydrogens (tertiary/aromatic N) is 5. The van der Waals surface area contributed by atoms with Crippen LogP contribution in [0.15, 0.2) is 30.6 Å². The zero-order chi connectivity index (χ0) is 23.9. The molecule has 0 saturated carbocycles. The number of fused-ring (bicyclic) bond motifs is 1. The van der Waals surface area contributed by atoms with Crippen molar-refractivity contribution in [3.8, 4) is 0 Å². The second-order valence-electron chi connectivity index (χ2n) is 9.87. The van der Waals surface area contributed by atoms with Gasteiger partial charge in [0.1, 0.15) is 12.1 Å². The summed E-state index contributed by atoms with van der Waals surface area (Å²) in [6.07, 6.45) is 3.57. The van der Waals surface area contributed by atoms with Crippen molar-refractivity contribution in [2.24, 2.45) is 0 Å². The molecule has 1 aromatic heterocycles. The Labute approximate surface area is 198 Å². The van der Waals surface area contributed by atoms with E-state index in [4.69, 9.17) is 5.73 Å². The Morgan fingerprint density at radius 3 is 2.56 bits per heavy atom. The van der Waals surface area contributed by atoms with Crippen LogP contribution >= 0.6 is 0 Å². The van der Waals surface area contributed by atoms with Gasteiger partial charge in [0.05, 0.1) is 12.5 Å². The molecule has 0 spiro atoms. The van der Waals surface area contributed by atoms with Gasteiger partial charge in [-0.15, -0.1) is 0 Å². The molecule has 2 N–H and O–H groups in total. The summed E-state index contributed by atoms with van der Waals surface area (Å²) in [5.41, 5.74) is 9.66. The first kappa shape index (κ1) is 23.0. The highest BCUT2D eigenvalue weighted by Gasteiger charge is 2.40. The maximum absolute atomic E-state index is 13.8. The van der Waals surface area contributed by atoms with Gasteiger partial charge >= 0.3 is 0 Å². The van der Waals surface area contributed by atoms with E-state index in [-0.39, 0.29) is 25.4 Å². The molecule has 3 heterocycles. The van der Waals surface area contributed by atoms with Gasteiger partial charge in [-0.3, -0.25) is 9.69 Å². The van der Waals surface area contributed by atoms with Crippen LogP contribution < -0.4 is 10.6 Å². The Bertz CT molecular complexity index is 1040. The third kappa shape index (κ3) is 4.58. The number of piperazine rings is 1. The largest absolute Gasteiger partial charge is 0.399 e. The standard InChI is InChI=1S/C25H32F2N6O/c1-17-2-7-21-22(17)23(30-16-29-21)32-10-12-33(13-11-32)24(34)20(18-3-5-19(28)6-4-18)14-31-9-8-25(26,27)15-31/h3-6,16-17,20H,2,7-15,28H2,1H3/t17-,20?/m1/s1. The van der Waals surface area contributed by atoms with Crippen molar-refractivity contribution in [3.05, 3.63) is 47.4 Å². The molecule has 9 heteroatoms. The highest BCUT2D eigenvalue weighted by atomic mass is 19.3. The predicted molar refractivity (Wildman–Crippen MR) is 127 cm³/mol. The molecule has 1 aromatic carbocycles. The molecule has 1 amide bonds. The molecule has 34 heavy (non-hydrogen) atoms. The molecule has 2 aliphatic heterocycles. The normalized spacial score (nSPS) is 23.2. The molecule has 2 saturated heterocycles. The maximum Gasteiger partial charge on any atom is 0.261 e. The summed E-state index contributed by atoms with van der Waals surface area (Å²) in [7, 11) is 0. The molecule has 2 fully saturated rings. The quantitative estimate of drug-likeness (QED) is 0.677. The lowest BCUT2D eigenvalue weighted by molar-refractivity contribution is -0.133. The van der Waals surface area contributed by atoms with Crippen molar-refractivity contribution >= 4 is 17.4 Å². The second kappa shape index (κ2) is 9.09. The summed E-state index contributed by atoms with van der Waals surface area (Å²) in [5.74, 6) is -1.75. The van der Waals surface area contributed by atoms with Gasteiger partial charge in [0.15, 0.2) is 0 Å². The van der Waals surface area contributed by atoms with Crippen molar-refractivity contribution in [1.82, 2.24) is 19.8 Å². The topological polar surface area (TPSA) is 78.6 Å². The average molecular weight is 471 g/mol. The van der Waals surface area contributed by atoms with E-state index in [1.807, 2.05) is 17.0 Å². The number of aromatic nitrogens is 2. The molecular weight excluding hydrogens is 438 g/mol. The minimum absolute atomic E-state index is 0.0130. The summed E-state index contributed by atoms with van der Waals surface area (Å²) < 4.78 is 27.6. The number of aryl methyl sites for hydroxylation is 1. The van der Waals surface area contributed by atoms with Gasteiger partial charge in [-0.1, -0.05) is 19.1 Å². The Kier molecular flexibility index (Phi) is 6.14. The molecule has 182 valence electrons. The van der Waals surface area contributed by atoms with Crippen LogP contribution in [-0.2, 0) is 11.2 Å². The number of benzene rings is 1. The summed E-state index contributed by atoms with van der Waals surface area (Å²) in [6.45, 7) is 5.05. The van der Waals surface area contributed by atoms with Crippen LogP contribution in [-0.4, -0.2) is 77.4 Å². The minimum atomic E-state index is -2.69. The lowest BCUT2D eigenvalue weighted by Crippen LogP contribution is -2.51. The van der Waals surface area contributed by atoms with Gasteiger partial charge in [-0.25, -0.2) is 18.7 Å². The molecule has 0 bridgehead atoms. The summed E-state index contributed by atoms with van der Waals surface area (Å²) in [5, 5.41) is 0. The Morgan fingerprint density at radius 2 is 1.88 bits per heavy atom. The van der Waals surface area contributed by atoms with Crippen molar-refractivity contribution in [3.63, 3.8) is 0 Å². The fraction of sp³-hybridized carbons (Fsp3) is 0.560. The number of nitrogens with two attached hydrogens (primary N) is 1. The third-order valence-corrected chi connectivity index (χ3v) is 7.47. The van der Waals surface area contributed by atoms with Gasteiger partial charge in [0.25, 0.3) is 5.92 Å². The first-order valence-electron chi connectivity index (χ1n) is 12.1. The SMILES string of the molecule is C[C@@H]1CCc2ncnc(N3CCN(C(=O)C(CN4CCC(F)(F)C4)c4ccc(N)cc4)CC3)c21. The summed E-state index contributed by atoms with van der Waals surface area (Å²) >= 11 is 0. The van der Waals surface area contributed by atoms with E-state index < -0.39 is 11.8 Å². The first-order chi connectivity index (χ1) is 16.3. The Morgan fingerprint density at radius 1 is 1.15 bits per heavy atom. The number of carbonyl (C=O) groups is 1. The van der Waals surface area contributed by atoms with E-state index in [0.717, 1.165) is 29.9 Å². The number of halogens is 2. The molecule has 2 aromatic rings. The van der Waals surface area contributed by atoms with E-state index in [1.165, 1.54) is 5.56 Å². The number of rotatable bonds is 5. The van der Waals surface area contributed by atoms with Crippen molar-refractivity contribution in [2.75, 3.05) is 56.4 Å². The molecule has 7 nitrogen and oxygen atoms in total. The Balaban J connectivity index is 1.30. The van der Waals surface area contributed by atoms with Crippen LogP contribution in [0.5, 0.6) is 0 Å². The monoisotopic (exact) mass is 470 g/mol. The zero-order valence-electron chi connectivity index (χ0n) is 19.6. The van der Waals surface area contributed by atoms with Crippen molar-refractivity contribution in [1.29, 1.82) is 0 Å². The summed E-state index contributed by atoms with van der Waals surface area (Å²) in [6, 6.07) is 7.22. The molecular formula is C25H32F2N6O. The average Bonchev–Trinajstić information content (AvgIpc) is 3.39. The molecule has 0 radical (unpaired) electrons. The number of nitrogen functional groups attached to an aromatic ring is 1.